The molecule has 0 fully saturated rings. The molecule has 2 aliphatic carbocycles. The van der Waals surface area contributed by atoms with E-state index in [0.717, 1.165) is 74.9 Å². The SMILES string of the molecule is CCc1ccc2c(c1)[C@@H](NC[C@@H](O)[C@@H](N)Cc1cc(F)cc(F)c1)CCC2.CCc1ccc2c(c1)[C@@H](NC[C@@H](O)[C@H](Cc1cc(F)cc(F)c1)Nc1ccc(N)cc1)CCC2.Nc1ccc(I)cc1. The van der Waals surface area contributed by atoms with E-state index in [2.05, 4.69) is 88.8 Å². The van der Waals surface area contributed by atoms with E-state index in [1.807, 2.05) is 36.4 Å². The van der Waals surface area contributed by atoms with Crippen molar-refractivity contribution in [3.8, 4) is 0 Å². The zero-order valence-electron chi connectivity index (χ0n) is 39.5. The molecule has 11 N–H and O–H groups in total. The molecule has 69 heavy (non-hydrogen) atoms. The summed E-state index contributed by atoms with van der Waals surface area (Å²) in [6, 6.07) is 34.5. The Morgan fingerprint density at radius 1 is 0.565 bits per heavy atom. The van der Waals surface area contributed by atoms with Crippen LogP contribution < -0.4 is 33.2 Å². The number of benzene rings is 6. The largest absolute Gasteiger partial charge is 0.399 e. The Kier molecular flexibility index (Phi) is 20.3. The van der Waals surface area contributed by atoms with E-state index in [4.69, 9.17) is 17.2 Å². The van der Waals surface area contributed by atoms with Crippen molar-refractivity contribution < 1.29 is 27.8 Å². The number of nitrogen functional groups attached to an aromatic ring is 2. The zero-order valence-corrected chi connectivity index (χ0v) is 41.7. The number of halogens is 5. The first-order chi connectivity index (χ1) is 33.2. The van der Waals surface area contributed by atoms with Gasteiger partial charge in [0.25, 0.3) is 0 Å². The molecule has 0 aromatic heterocycles. The third-order valence-corrected chi connectivity index (χ3v) is 13.6. The van der Waals surface area contributed by atoms with Gasteiger partial charge >= 0.3 is 0 Å². The van der Waals surface area contributed by atoms with Crippen molar-refractivity contribution in [2.45, 2.75) is 114 Å². The maximum Gasteiger partial charge on any atom is 0.126 e. The highest BCUT2D eigenvalue weighted by atomic mass is 127. The minimum absolute atomic E-state index is 0.175. The number of aliphatic hydroxyl groups is 2. The summed E-state index contributed by atoms with van der Waals surface area (Å²) in [6.07, 6.45) is 7.30. The summed E-state index contributed by atoms with van der Waals surface area (Å²) < 4.78 is 55.4. The van der Waals surface area contributed by atoms with Gasteiger partial charge in [-0.3, -0.25) is 0 Å². The van der Waals surface area contributed by atoms with Gasteiger partial charge in [-0.05, 0) is 204 Å². The highest BCUT2D eigenvalue weighted by Gasteiger charge is 2.26. The maximum atomic E-state index is 13.8. The number of aryl methyl sites for hydroxylation is 4. The normalized spacial score (nSPS) is 16.8. The van der Waals surface area contributed by atoms with Crippen LogP contribution in [0.4, 0.5) is 34.6 Å². The molecule has 6 atom stereocenters. The second-order valence-electron chi connectivity index (χ2n) is 18.2. The van der Waals surface area contributed by atoms with Crippen LogP contribution in [-0.4, -0.2) is 47.6 Å². The van der Waals surface area contributed by atoms with Crippen LogP contribution in [0.5, 0.6) is 0 Å². The van der Waals surface area contributed by atoms with Gasteiger partial charge in [-0.1, -0.05) is 50.2 Å². The summed E-state index contributed by atoms with van der Waals surface area (Å²) in [5, 5.41) is 31.9. The Labute approximate surface area is 418 Å². The van der Waals surface area contributed by atoms with Crippen LogP contribution >= 0.6 is 22.6 Å². The summed E-state index contributed by atoms with van der Waals surface area (Å²) in [5.74, 6) is -2.51. The predicted molar refractivity (Wildman–Crippen MR) is 281 cm³/mol. The van der Waals surface area contributed by atoms with Crippen molar-refractivity contribution in [3.05, 3.63) is 193 Å². The smallest absolute Gasteiger partial charge is 0.126 e. The van der Waals surface area contributed by atoms with Crippen molar-refractivity contribution in [1.29, 1.82) is 0 Å². The van der Waals surface area contributed by atoms with E-state index < -0.39 is 47.6 Å². The molecule has 13 heteroatoms. The summed E-state index contributed by atoms with van der Waals surface area (Å²) in [7, 11) is 0. The van der Waals surface area contributed by atoms with Crippen molar-refractivity contribution in [2.75, 3.05) is 29.9 Å². The molecule has 0 aliphatic heterocycles. The number of rotatable bonds is 16. The lowest BCUT2D eigenvalue weighted by Gasteiger charge is -2.31. The number of fused-ring (bicyclic) bond motifs is 2. The third-order valence-electron chi connectivity index (χ3n) is 12.9. The number of nitrogens with one attached hydrogen (secondary N) is 3. The maximum absolute atomic E-state index is 13.8. The van der Waals surface area contributed by atoms with Gasteiger partial charge in [-0.25, -0.2) is 17.6 Å². The van der Waals surface area contributed by atoms with Crippen LogP contribution in [0.2, 0.25) is 0 Å². The highest BCUT2D eigenvalue weighted by Crippen LogP contribution is 2.32. The third kappa shape index (κ3) is 16.5. The Morgan fingerprint density at radius 2 is 1.00 bits per heavy atom. The van der Waals surface area contributed by atoms with E-state index in [1.54, 1.807) is 12.1 Å². The van der Waals surface area contributed by atoms with Crippen LogP contribution in [-0.2, 0) is 38.5 Å². The summed E-state index contributed by atoms with van der Waals surface area (Å²) in [5.41, 5.74) is 28.4. The van der Waals surface area contributed by atoms with Gasteiger partial charge in [0.15, 0.2) is 0 Å². The standard InChI is InChI=1S/C28H33F2N3O.C22H28F2N2O.C6H6IN/c1-2-18-6-7-20-4-3-5-26(25(20)14-18)32-17-28(34)27(33-24-10-8-23(31)9-11-24)15-19-12-21(29)16-22(30)13-19;1-2-14-6-7-16-4-3-5-21(19(16)10-14)26-13-22(27)20(25)11-15-8-17(23)12-18(24)9-15;7-5-1-3-6(8)4-2-5/h6-14,16,26-28,32-34H,2-5,15,17,31H2,1H3;6-10,12,20-22,26-27H,2-5,11,13,25H2,1H3;1-4H,8H2/t26-,27-,28+;20-,21-,22+;/m00./s1. The number of aliphatic hydroxyl groups excluding tert-OH is 2. The number of nitrogens with two attached hydrogens (primary N) is 3. The molecular weight excluding hydrogens is 992 g/mol. The molecule has 0 bridgehead atoms. The van der Waals surface area contributed by atoms with Crippen molar-refractivity contribution in [1.82, 2.24) is 10.6 Å². The molecule has 8 nitrogen and oxygen atoms in total. The van der Waals surface area contributed by atoms with Crippen LogP contribution in [0, 0.1) is 26.8 Å². The Balaban J connectivity index is 0.000000199. The van der Waals surface area contributed by atoms with E-state index >= 15 is 0 Å². The molecule has 6 aromatic carbocycles. The lowest BCUT2D eigenvalue weighted by atomic mass is 9.86. The molecule has 0 heterocycles. The average Bonchev–Trinajstić information content (AvgIpc) is 3.33. The van der Waals surface area contributed by atoms with Gasteiger partial charge in [0, 0.05) is 64.0 Å². The van der Waals surface area contributed by atoms with Gasteiger partial charge < -0.3 is 43.4 Å². The molecule has 8 rings (SSSR count). The number of hydrogen-bond acceptors (Lipinski definition) is 8. The lowest BCUT2D eigenvalue weighted by Crippen LogP contribution is -2.44. The van der Waals surface area contributed by atoms with Gasteiger partial charge in [-0.15, -0.1) is 0 Å². The predicted octanol–water partition coefficient (Wildman–Crippen LogP) is 10.5. The molecule has 0 saturated heterocycles. The number of anilines is 3. The van der Waals surface area contributed by atoms with E-state index in [0.29, 0.717) is 29.9 Å². The Morgan fingerprint density at radius 3 is 1.45 bits per heavy atom. The second kappa shape index (κ2) is 26.3. The molecule has 2 aliphatic rings. The van der Waals surface area contributed by atoms with E-state index in [1.165, 1.54) is 61.2 Å². The van der Waals surface area contributed by atoms with Crippen LogP contribution in [0.15, 0.2) is 121 Å². The van der Waals surface area contributed by atoms with Gasteiger partial charge in [0.05, 0.1) is 18.2 Å². The van der Waals surface area contributed by atoms with Crippen LogP contribution in [0.1, 0.15) is 96.1 Å². The molecular formula is C56H67F4IN6O2. The topological polar surface area (TPSA) is 155 Å². The molecule has 0 unspecified atom stereocenters. The minimum atomic E-state index is -0.795. The molecule has 6 aromatic rings. The first kappa shape index (κ1) is 53.3. The molecule has 0 radical (unpaired) electrons. The van der Waals surface area contributed by atoms with Crippen molar-refractivity contribution in [3.63, 3.8) is 0 Å². The van der Waals surface area contributed by atoms with E-state index in [-0.39, 0.29) is 24.9 Å². The second-order valence-corrected chi connectivity index (χ2v) is 19.4. The van der Waals surface area contributed by atoms with Crippen LogP contribution in [0.3, 0.4) is 0 Å². The monoisotopic (exact) mass is 1060 g/mol. The highest BCUT2D eigenvalue weighted by molar-refractivity contribution is 14.1. The van der Waals surface area contributed by atoms with Crippen molar-refractivity contribution in [2.24, 2.45) is 5.73 Å². The summed E-state index contributed by atoms with van der Waals surface area (Å²) >= 11 is 2.24. The minimum Gasteiger partial charge on any atom is -0.399 e. The summed E-state index contributed by atoms with van der Waals surface area (Å²) in [4.78, 5) is 0. The summed E-state index contributed by atoms with van der Waals surface area (Å²) in [6.45, 7) is 4.99. The first-order valence-electron chi connectivity index (χ1n) is 24.0. The van der Waals surface area contributed by atoms with Gasteiger partial charge in [0.1, 0.15) is 23.3 Å². The fourth-order valence-electron chi connectivity index (χ4n) is 9.04. The molecule has 0 saturated carbocycles. The quantitative estimate of drug-likeness (QED) is 0.0271. The van der Waals surface area contributed by atoms with Gasteiger partial charge in [0.2, 0.25) is 0 Å². The van der Waals surface area contributed by atoms with Crippen molar-refractivity contribution >= 4 is 39.7 Å². The van der Waals surface area contributed by atoms with Gasteiger partial charge in [-0.2, -0.15) is 0 Å². The average molecular weight is 1060 g/mol. The molecule has 0 amide bonds. The Bertz CT molecular complexity index is 2490. The fraction of sp³-hybridized carbons (Fsp3) is 0.357. The molecule has 0 spiro atoms. The number of hydrogen-bond donors (Lipinski definition) is 8. The fourth-order valence-corrected chi connectivity index (χ4v) is 9.40. The van der Waals surface area contributed by atoms with Crippen LogP contribution in [0.25, 0.3) is 0 Å². The zero-order chi connectivity index (χ0) is 49.5. The lowest BCUT2D eigenvalue weighted by molar-refractivity contribution is 0.136. The Hall–Kier alpha value is -5.03. The van der Waals surface area contributed by atoms with E-state index in [9.17, 15) is 27.8 Å². The molecule has 368 valence electrons. The first-order valence-corrected chi connectivity index (χ1v) is 25.1.